The van der Waals surface area contributed by atoms with Crippen LogP contribution in [0.1, 0.15) is 28.9 Å². The van der Waals surface area contributed by atoms with Gasteiger partial charge in [-0.1, -0.05) is 12.1 Å². The number of carbonyl (C=O) groups is 1. The van der Waals surface area contributed by atoms with Crippen LogP contribution in [0, 0.1) is 17.5 Å². The molecular formula is C16H14F3NO2. The SMILES string of the molecule is COc1ccc([C@H](C)NC(=O)c2ccc(F)c(F)c2F)cc1. The van der Waals surface area contributed by atoms with Gasteiger partial charge in [0.1, 0.15) is 5.75 Å². The Bertz CT molecular complexity index is 687. The zero-order chi connectivity index (χ0) is 16.3. The number of benzene rings is 2. The zero-order valence-electron chi connectivity index (χ0n) is 12.0. The number of hydrogen-bond donors (Lipinski definition) is 1. The molecule has 6 heteroatoms. The molecule has 3 nitrogen and oxygen atoms in total. The molecule has 0 saturated heterocycles. The second kappa shape index (κ2) is 6.51. The maximum Gasteiger partial charge on any atom is 0.254 e. The Hall–Kier alpha value is -2.50. The first-order valence-electron chi connectivity index (χ1n) is 6.52. The highest BCUT2D eigenvalue weighted by Crippen LogP contribution is 2.19. The fraction of sp³-hybridized carbons (Fsp3) is 0.188. The van der Waals surface area contributed by atoms with E-state index >= 15 is 0 Å². The molecule has 0 fully saturated rings. The summed E-state index contributed by atoms with van der Waals surface area (Å²) in [5, 5.41) is 2.53. The third-order valence-corrected chi connectivity index (χ3v) is 3.24. The van der Waals surface area contributed by atoms with Crippen LogP contribution in [0.25, 0.3) is 0 Å². The van der Waals surface area contributed by atoms with E-state index in [2.05, 4.69) is 5.32 Å². The molecule has 0 saturated carbocycles. The Morgan fingerprint density at radius 1 is 1.05 bits per heavy atom. The largest absolute Gasteiger partial charge is 0.497 e. The summed E-state index contributed by atoms with van der Waals surface area (Å²) in [6.07, 6.45) is 0. The van der Waals surface area contributed by atoms with E-state index < -0.39 is 35.0 Å². The van der Waals surface area contributed by atoms with Gasteiger partial charge in [0.05, 0.1) is 18.7 Å². The van der Waals surface area contributed by atoms with E-state index in [1.165, 1.54) is 7.11 Å². The van der Waals surface area contributed by atoms with Gasteiger partial charge in [0.25, 0.3) is 5.91 Å². The standard InChI is InChI=1S/C16H14F3NO2/c1-9(10-3-5-11(22-2)6-4-10)20-16(21)12-7-8-13(17)15(19)14(12)18/h3-9H,1-2H3,(H,20,21)/t9-/m0/s1. The monoisotopic (exact) mass is 309 g/mol. The molecule has 1 atom stereocenters. The number of methoxy groups -OCH3 is 1. The van der Waals surface area contributed by atoms with Gasteiger partial charge in [-0.3, -0.25) is 4.79 Å². The van der Waals surface area contributed by atoms with Crippen LogP contribution in [0.15, 0.2) is 36.4 Å². The van der Waals surface area contributed by atoms with Crippen molar-refractivity contribution >= 4 is 5.91 Å². The van der Waals surface area contributed by atoms with E-state index in [4.69, 9.17) is 4.74 Å². The van der Waals surface area contributed by atoms with E-state index in [9.17, 15) is 18.0 Å². The molecule has 0 aliphatic rings. The van der Waals surface area contributed by atoms with Gasteiger partial charge in [-0.05, 0) is 36.8 Å². The normalized spacial score (nSPS) is 11.9. The third kappa shape index (κ3) is 3.21. The van der Waals surface area contributed by atoms with Crippen molar-refractivity contribution in [1.29, 1.82) is 0 Å². The lowest BCUT2D eigenvalue weighted by molar-refractivity contribution is 0.0934. The maximum atomic E-state index is 13.6. The van der Waals surface area contributed by atoms with Crippen LogP contribution in [0.4, 0.5) is 13.2 Å². The van der Waals surface area contributed by atoms with Crippen LogP contribution in [0.5, 0.6) is 5.75 Å². The quantitative estimate of drug-likeness (QED) is 0.876. The van der Waals surface area contributed by atoms with Crippen molar-refractivity contribution in [2.24, 2.45) is 0 Å². The van der Waals surface area contributed by atoms with Gasteiger partial charge in [-0.2, -0.15) is 0 Å². The van der Waals surface area contributed by atoms with Gasteiger partial charge in [0.15, 0.2) is 17.5 Å². The summed E-state index contributed by atoms with van der Waals surface area (Å²) >= 11 is 0. The summed E-state index contributed by atoms with van der Waals surface area (Å²) in [5.41, 5.74) is 0.219. The van der Waals surface area contributed by atoms with Gasteiger partial charge in [0, 0.05) is 0 Å². The second-order valence-corrected chi connectivity index (χ2v) is 4.69. The Labute approximate surface area is 125 Å². The molecule has 0 unspecified atom stereocenters. The summed E-state index contributed by atoms with van der Waals surface area (Å²) in [6.45, 7) is 1.69. The topological polar surface area (TPSA) is 38.3 Å². The van der Waals surface area contributed by atoms with E-state index in [1.54, 1.807) is 31.2 Å². The number of nitrogens with one attached hydrogen (secondary N) is 1. The molecule has 2 aromatic rings. The molecule has 22 heavy (non-hydrogen) atoms. The lowest BCUT2D eigenvalue weighted by Crippen LogP contribution is -2.27. The van der Waals surface area contributed by atoms with Crippen molar-refractivity contribution in [2.75, 3.05) is 7.11 Å². The Kier molecular flexibility index (Phi) is 4.70. The molecule has 0 aliphatic carbocycles. The molecule has 0 spiro atoms. The van der Waals surface area contributed by atoms with Crippen LogP contribution in [-0.4, -0.2) is 13.0 Å². The second-order valence-electron chi connectivity index (χ2n) is 4.69. The van der Waals surface area contributed by atoms with Crippen molar-refractivity contribution in [3.8, 4) is 5.75 Å². The van der Waals surface area contributed by atoms with Crippen molar-refractivity contribution in [3.05, 3.63) is 65.0 Å². The molecule has 1 N–H and O–H groups in total. The van der Waals surface area contributed by atoms with Crippen molar-refractivity contribution in [1.82, 2.24) is 5.32 Å². The fourth-order valence-electron chi connectivity index (χ4n) is 1.95. The predicted molar refractivity (Wildman–Crippen MR) is 75.2 cm³/mol. The van der Waals surface area contributed by atoms with E-state index in [0.717, 1.165) is 11.6 Å². The summed E-state index contributed by atoms with van der Waals surface area (Å²) in [7, 11) is 1.53. The predicted octanol–water partition coefficient (Wildman–Crippen LogP) is 3.60. The number of rotatable bonds is 4. The van der Waals surface area contributed by atoms with Crippen molar-refractivity contribution in [3.63, 3.8) is 0 Å². The zero-order valence-corrected chi connectivity index (χ0v) is 12.0. The lowest BCUT2D eigenvalue weighted by Gasteiger charge is -2.15. The maximum absolute atomic E-state index is 13.6. The minimum atomic E-state index is -1.66. The molecule has 0 radical (unpaired) electrons. The average Bonchev–Trinajstić information content (AvgIpc) is 2.52. The van der Waals surface area contributed by atoms with Gasteiger partial charge in [-0.25, -0.2) is 13.2 Å². The summed E-state index contributed by atoms with van der Waals surface area (Å²) in [6, 6.07) is 8.10. The van der Waals surface area contributed by atoms with Gasteiger partial charge in [0.2, 0.25) is 0 Å². The highest BCUT2D eigenvalue weighted by molar-refractivity contribution is 5.94. The summed E-state index contributed by atoms with van der Waals surface area (Å²) in [4.78, 5) is 12.0. The van der Waals surface area contributed by atoms with Crippen LogP contribution in [-0.2, 0) is 0 Å². The molecule has 2 rings (SSSR count). The Balaban J connectivity index is 2.15. The highest BCUT2D eigenvalue weighted by atomic mass is 19.2. The molecule has 2 aromatic carbocycles. The molecule has 1 amide bonds. The number of halogens is 3. The van der Waals surface area contributed by atoms with Gasteiger partial charge >= 0.3 is 0 Å². The van der Waals surface area contributed by atoms with Gasteiger partial charge in [-0.15, -0.1) is 0 Å². The first-order chi connectivity index (χ1) is 10.4. The Morgan fingerprint density at radius 2 is 1.68 bits per heavy atom. The lowest BCUT2D eigenvalue weighted by atomic mass is 10.1. The fourth-order valence-corrected chi connectivity index (χ4v) is 1.95. The van der Waals surface area contributed by atoms with E-state index in [0.29, 0.717) is 11.8 Å². The first kappa shape index (κ1) is 15.9. The minimum Gasteiger partial charge on any atom is -0.497 e. The van der Waals surface area contributed by atoms with Crippen LogP contribution >= 0.6 is 0 Å². The molecule has 0 aliphatic heterocycles. The molecule has 116 valence electrons. The van der Waals surface area contributed by atoms with Gasteiger partial charge < -0.3 is 10.1 Å². The molecule has 0 heterocycles. The van der Waals surface area contributed by atoms with Crippen LogP contribution in [0.3, 0.4) is 0 Å². The van der Waals surface area contributed by atoms with Crippen molar-refractivity contribution < 1.29 is 22.7 Å². The average molecular weight is 309 g/mol. The number of ether oxygens (including phenoxy) is 1. The minimum absolute atomic E-state index is 0.439. The van der Waals surface area contributed by atoms with Crippen LogP contribution in [0.2, 0.25) is 0 Å². The first-order valence-corrected chi connectivity index (χ1v) is 6.52. The van der Waals surface area contributed by atoms with E-state index in [-0.39, 0.29) is 0 Å². The summed E-state index contributed by atoms with van der Waals surface area (Å²) in [5.74, 6) is -4.66. The molecular weight excluding hydrogens is 295 g/mol. The van der Waals surface area contributed by atoms with Crippen molar-refractivity contribution in [2.45, 2.75) is 13.0 Å². The summed E-state index contributed by atoms with van der Waals surface area (Å²) < 4.78 is 44.6. The van der Waals surface area contributed by atoms with E-state index in [1.807, 2.05) is 0 Å². The number of amides is 1. The Morgan fingerprint density at radius 3 is 2.27 bits per heavy atom. The van der Waals surface area contributed by atoms with Crippen LogP contribution < -0.4 is 10.1 Å². The number of hydrogen-bond acceptors (Lipinski definition) is 2. The highest BCUT2D eigenvalue weighted by Gasteiger charge is 2.20. The molecule has 0 aromatic heterocycles. The third-order valence-electron chi connectivity index (χ3n) is 3.24. The smallest absolute Gasteiger partial charge is 0.254 e. The number of carbonyl (C=O) groups excluding carboxylic acids is 1. The molecule has 0 bridgehead atoms.